The zero-order valence-corrected chi connectivity index (χ0v) is 16.4. The van der Waals surface area contributed by atoms with Crippen LogP contribution in [0.15, 0.2) is 61.2 Å². The molecule has 0 saturated carbocycles. The molecule has 0 bridgehead atoms. The standard InChI is InChI=1S/C21H22ClN5O/c1-27(13-9-17-6-10-23-11-7-17)21(28)19-14-26-20(15-25-19)24-12-8-16-2-4-18(22)5-3-16/h2-7,10-11,14-15H,8-9,12-13H2,1H3,(H,24,26). The maximum atomic E-state index is 12.5. The van der Waals surface area contributed by atoms with Crippen LogP contribution in [0.4, 0.5) is 5.82 Å². The number of hydrogen-bond acceptors (Lipinski definition) is 5. The Morgan fingerprint density at radius 1 is 1.00 bits per heavy atom. The van der Waals surface area contributed by atoms with Gasteiger partial charge in [0.15, 0.2) is 0 Å². The lowest BCUT2D eigenvalue weighted by molar-refractivity contribution is 0.0790. The summed E-state index contributed by atoms with van der Waals surface area (Å²) >= 11 is 5.89. The number of rotatable bonds is 8. The molecule has 2 heterocycles. The van der Waals surface area contributed by atoms with E-state index in [0.29, 0.717) is 18.1 Å². The van der Waals surface area contributed by atoms with Gasteiger partial charge in [-0.1, -0.05) is 23.7 Å². The molecule has 0 radical (unpaired) electrons. The third-order valence-corrected chi connectivity index (χ3v) is 4.59. The minimum atomic E-state index is -0.144. The highest BCUT2D eigenvalue weighted by atomic mass is 35.5. The lowest BCUT2D eigenvalue weighted by Gasteiger charge is -2.16. The molecule has 0 aliphatic rings. The zero-order valence-electron chi connectivity index (χ0n) is 15.7. The number of pyridine rings is 1. The number of anilines is 1. The lowest BCUT2D eigenvalue weighted by Crippen LogP contribution is -2.29. The third kappa shape index (κ3) is 5.76. The Balaban J connectivity index is 1.47. The minimum Gasteiger partial charge on any atom is -0.368 e. The Labute approximate surface area is 169 Å². The molecule has 0 saturated heterocycles. The molecule has 0 aliphatic heterocycles. The minimum absolute atomic E-state index is 0.144. The first-order valence-electron chi connectivity index (χ1n) is 9.06. The van der Waals surface area contributed by atoms with Gasteiger partial charge >= 0.3 is 0 Å². The fourth-order valence-electron chi connectivity index (χ4n) is 2.66. The van der Waals surface area contributed by atoms with E-state index in [9.17, 15) is 4.79 Å². The molecule has 7 heteroatoms. The van der Waals surface area contributed by atoms with Gasteiger partial charge in [-0.2, -0.15) is 0 Å². The van der Waals surface area contributed by atoms with Crippen molar-refractivity contribution < 1.29 is 4.79 Å². The van der Waals surface area contributed by atoms with E-state index in [2.05, 4.69) is 20.3 Å². The number of amides is 1. The summed E-state index contributed by atoms with van der Waals surface area (Å²) in [4.78, 5) is 26.7. The van der Waals surface area contributed by atoms with Crippen LogP contribution in [0, 0.1) is 0 Å². The molecule has 1 aromatic carbocycles. The second kappa shape index (κ2) is 9.80. The van der Waals surface area contributed by atoms with E-state index >= 15 is 0 Å². The van der Waals surface area contributed by atoms with Gasteiger partial charge in [-0.25, -0.2) is 9.97 Å². The molecule has 0 fully saturated rings. The highest BCUT2D eigenvalue weighted by Gasteiger charge is 2.13. The molecule has 0 atom stereocenters. The maximum absolute atomic E-state index is 12.5. The van der Waals surface area contributed by atoms with E-state index in [-0.39, 0.29) is 5.91 Å². The molecule has 0 unspecified atom stereocenters. The van der Waals surface area contributed by atoms with E-state index < -0.39 is 0 Å². The van der Waals surface area contributed by atoms with Gasteiger partial charge in [0.25, 0.3) is 5.91 Å². The van der Waals surface area contributed by atoms with E-state index in [4.69, 9.17) is 11.6 Å². The normalized spacial score (nSPS) is 10.5. The van der Waals surface area contributed by atoms with Gasteiger partial charge in [-0.15, -0.1) is 0 Å². The average molecular weight is 396 g/mol. The summed E-state index contributed by atoms with van der Waals surface area (Å²) in [5, 5.41) is 3.94. The Hall–Kier alpha value is -2.99. The molecular formula is C21H22ClN5O. The molecule has 6 nitrogen and oxygen atoms in total. The molecule has 0 aliphatic carbocycles. The quantitative estimate of drug-likeness (QED) is 0.632. The van der Waals surface area contributed by atoms with E-state index in [1.54, 1.807) is 30.5 Å². The Morgan fingerprint density at radius 2 is 1.71 bits per heavy atom. The van der Waals surface area contributed by atoms with Crippen molar-refractivity contribution >= 4 is 23.3 Å². The van der Waals surface area contributed by atoms with Gasteiger partial charge in [0.05, 0.1) is 12.4 Å². The van der Waals surface area contributed by atoms with Crippen LogP contribution in [0.25, 0.3) is 0 Å². The Bertz CT molecular complexity index is 885. The molecular weight excluding hydrogens is 374 g/mol. The SMILES string of the molecule is CN(CCc1ccncc1)C(=O)c1cnc(NCCc2ccc(Cl)cc2)cn1. The molecule has 0 spiro atoms. The maximum Gasteiger partial charge on any atom is 0.273 e. The Morgan fingerprint density at radius 3 is 2.39 bits per heavy atom. The second-order valence-electron chi connectivity index (χ2n) is 6.42. The van der Waals surface area contributed by atoms with E-state index in [1.807, 2.05) is 36.4 Å². The average Bonchev–Trinajstić information content (AvgIpc) is 2.74. The van der Waals surface area contributed by atoms with Crippen LogP contribution in [0.5, 0.6) is 0 Å². The van der Waals surface area contributed by atoms with Crippen molar-refractivity contribution in [2.45, 2.75) is 12.8 Å². The predicted octanol–water partition coefficient (Wildman–Crippen LogP) is 3.49. The highest BCUT2D eigenvalue weighted by Crippen LogP contribution is 2.10. The van der Waals surface area contributed by atoms with Crippen molar-refractivity contribution in [3.05, 3.63) is 83.0 Å². The summed E-state index contributed by atoms with van der Waals surface area (Å²) in [6.45, 7) is 1.32. The topological polar surface area (TPSA) is 71.0 Å². The van der Waals surface area contributed by atoms with Crippen LogP contribution < -0.4 is 5.32 Å². The van der Waals surface area contributed by atoms with Crippen molar-refractivity contribution in [3.63, 3.8) is 0 Å². The first kappa shape index (κ1) is 19.8. The van der Waals surface area contributed by atoms with Crippen molar-refractivity contribution in [2.75, 3.05) is 25.5 Å². The van der Waals surface area contributed by atoms with Crippen LogP contribution in [0.2, 0.25) is 5.02 Å². The number of nitrogens with zero attached hydrogens (tertiary/aromatic N) is 4. The van der Waals surface area contributed by atoms with E-state index in [1.165, 1.54) is 11.8 Å². The first-order valence-corrected chi connectivity index (χ1v) is 9.44. The fourth-order valence-corrected chi connectivity index (χ4v) is 2.79. The van der Waals surface area contributed by atoms with Crippen LogP contribution in [-0.2, 0) is 12.8 Å². The van der Waals surface area contributed by atoms with Gasteiger partial charge in [-0.3, -0.25) is 9.78 Å². The monoisotopic (exact) mass is 395 g/mol. The largest absolute Gasteiger partial charge is 0.368 e. The number of carbonyl (C=O) groups excluding carboxylic acids is 1. The van der Waals surface area contributed by atoms with Crippen LogP contribution in [0.1, 0.15) is 21.6 Å². The first-order chi connectivity index (χ1) is 13.6. The zero-order chi connectivity index (χ0) is 19.8. The molecule has 28 heavy (non-hydrogen) atoms. The van der Waals surface area contributed by atoms with Crippen molar-refractivity contribution in [1.82, 2.24) is 19.9 Å². The van der Waals surface area contributed by atoms with Gasteiger partial charge < -0.3 is 10.2 Å². The van der Waals surface area contributed by atoms with Crippen LogP contribution in [0.3, 0.4) is 0 Å². The predicted molar refractivity (Wildman–Crippen MR) is 111 cm³/mol. The second-order valence-corrected chi connectivity index (χ2v) is 6.86. The number of benzene rings is 1. The summed E-state index contributed by atoms with van der Waals surface area (Å²) < 4.78 is 0. The number of carbonyl (C=O) groups is 1. The van der Waals surface area contributed by atoms with Crippen molar-refractivity contribution in [3.8, 4) is 0 Å². The summed E-state index contributed by atoms with van der Waals surface area (Å²) in [6, 6.07) is 11.6. The van der Waals surface area contributed by atoms with Crippen molar-refractivity contribution in [2.24, 2.45) is 0 Å². The highest BCUT2D eigenvalue weighted by molar-refractivity contribution is 6.30. The molecule has 3 aromatic rings. The summed E-state index contributed by atoms with van der Waals surface area (Å²) in [7, 11) is 1.77. The third-order valence-electron chi connectivity index (χ3n) is 4.34. The lowest BCUT2D eigenvalue weighted by atomic mass is 10.1. The van der Waals surface area contributed by atoms with Gasteiger partial charge in [-0.05, 0) is 48.2 Å². The van der Waals surface area contributed by atoms with Crippen LogP contribution >= 0.6 is 11.6 Å². The molecule has 144 valence electrons. The summed E-state index contributed by atoms with van der Waals surface area (Å²) in [6.07, 6.45) is 8.21. The number of halogens is 1. The van der Waals surface area contributed by atoms with Gasteiger partial charge in [0, 0.05) is 37.6 Å². The molecule has 1 amide bonds. The molecule has 1 N–H and O–H groups in total. The fraction of sp³-hybridized carbons (Fsp3) is 0.238. The van der Waals surface area contributed by atoms with Gasteiger partial charge in [0.2, 0.25) is 0 Å². The number of hydrogen-bond donors (Lipinski definition) is 1. The van der Waals surface area contributed by atoms with Crippen LogP contribution in [-0.4, -0.2) is 45.9 Å². The number of aromatic nitrogens is 3. The van der Waals surface area contributed by atoms with Gasteiger partial charge in [0.1, 0.15) is 11.5 Å². The number of nitrogens with one attached hydrogen (secondary N) is 1. The Kier molecular flexibility index (Phi) is 6.92. The van der Waals surface area contributed by atoms with E-state index in [0.717, 1.165) is 30.0 Å². The smallest absolute Gasteiger partial charge is 0.273 e. The van der Waals surface area contributed by atoms with Crippen molar-refractivity contribution in [1.29, 1.82) is 0 Å². The summed E-state index contributed by atoms with van der Waals surface area (Å²) in [5.74, 6) is 0.499. The molecule has 3 rings (SSSR count). The molecule has 2 aromatic heterocycles. The summed E-state index contributed by atoms with van der Waals surface area (Å²) in [5.41, 5.74) is 2.66. The number of likely N-dealkylation sites (N-methyl/N-ethyl adjacent to an activating group) is 1.